The van der Waals surface area contributed by atoms with E-state index >= 15 is 0 Å². The van der Waals surface area contributed by atoms with E-state index in [1.807, 2.05) is 13.0 Å². The van der Waals surface area contributed by atoms with Gasteiger partial charge >= 0.3 is 5.97 Å². The second-order valence-corrected chi connectivity index (χ2v) is 5.33. The maximum atomic E-state index is 11.8. The van der Waals surface area contributed by atoms with Crippen molar-refractivity contribution in [3.63, 3.8) is 0 Å². The Kier molecular flexibility index (Phi) is 2.61. The number of aromatic nitrogens is 1. The molecule has 1 heterocycles. The molecule has 1 N–H and O–H groups in total. The molecule has 0 spiro atoms. The highest BCUT2D eigenvalue weighted by atomic mass is 16.5. The molecule has 1 aliphatic carbocycles. The molecule has 3 aromatic rings. The first-order chi connectivity index (χ1) is 10.3. The SMILES string of the molecule is CCOC(=O)c1cc2cc3c(cc2[nH]1)-c1ccccc1C3. The number of benzene rings is 2. The zero-order chi connectivity index (χ0) is 14.4. The van der Waals surface area contributed by atoms with Gasteiger partial charge in [-0.2, -0.15) is 0 Å². The molecule has 3 heteroatoms. The van der Waals surface area contributed by atoms with Crippen LogP contribution in [0.3, 0.4) is 0 Å². The lowest BCUT2D eigenvalue weighted by molar-refractivity contribution is 0.0520. The summed E-state index contributed by atoms with van der Waals surface area (Å²) in [4.78, 5) is 15.0. The van der Waals surface area contributed by atoms with Crippen LogP contribution in [-0.4, -0.2) is 17.6 Å². The molecule has 1 aliphatic rings. The summed E-state index contributed by atoms with van der Waals surface area (Å²) in [5.74, 6) is -0.297. The van der Waals surface area contributed by atoms with Gasteiger partial charge in [-0.1, -0.05) is 24.3 Å². The molecule has 0 aliphatic heterocycles. The van der Waals surface area contributed by atoms with E-state index in [9.17, 15) is 4.79 Å². The number of nitrogens with one attached hydrogen (secondary N) is 1. The lowest BCUT2D eigenvalue weighted by Gasteiger charge is -2.00. The van der Waals surface area contributed by atoms with E-state index in [2.05, 4.69) is 41.4 Å². The number of hydrogen-bond donors (Lipinski definition) is 1. The molecule has 2 aromatic carbocycles. The van der Waals surface area contributed by atoms with Gasteiger partial charge in [-0.3, -0.25) is 0 Å². The molecular weight excluding hydrogens is 262 g/mol. The smallest absolute Gasteiger partial charge is 0.354 e. The molecule has 3 nitrogen and oxygen atoms in total. The second-order valence-electron chi connectivity index (χ2n) is 5.33. The van der Waals surface area contributed by atoms with Gasteiger partial charge in [0.1, 0.15) is 5.69 Å². The number of hydrogen-bond acceptors (Lipinski definition) is 2. The summed E-state index contributed by atoms with van der Waals surface area (Å²) in [5, 5.41) is 1.06. The first-order valence-corrected chi connectivity index (χ1v) is 7.17. The van der Waals surface area contributed by atoms with Gasteiger partial charge in [-0.05, 0) is 53.8 Å². The van der Waals surface area contributed by atoms with Crippen LogP contribution in [0.25, 0.3) is 22.0 Å². The van der Waals surface area contributed by atoms with Crippen molar-refractivity contribution in [2.75, 3.05) is 6.61 Å². The van der Waals surface area contributed by atoms with Gasteiger partial charge in [-0.15, -0.1) is 0 Å². The van der Waals surface area contributed by atoms with Crippen molar-refractivity contribution in [1.82, 2.24) is 4.98 Å². The summed E-state index contributed by atoms with van der Waals surface area (Å²) in [6, 6.07) is 14.7. The zero-order valence-corrected chi connectivity index (χ0v) is 11.8. The third kappa shape index (κ3) is 1.85. The molecule has 1 aromatic heterocycles. The first kappa shape index (κ1) is 12.2. The fourth-order valence-corrected chi connectivity index (χ4v) is 3.09. The summed E-state index contributed by atoms with van der Waals surface area (Å²) in [5.41, 5.74) is 6.73. The van der Waals surface area contributed by atoms with Crippen molar-refractivity contribution in [3.05, 3.63) is 59.3 Å². The molecule has 21 heavy (non-hydrogen) atoms. The van der Waals surface area contributed by atoms with Gasteiger partial charge in [-0.25, -0.2) is 4.79 Å². The fraction of sp³-hybridized carbons (Fsp3) is 0.167. The molecule has 0 atom stereocenters. The first-order valence-electron chi connectivity index (χ1n) is 7.17. The average molecular weight is 277 g/mol. The maximum absolute atomic E-state index is 11.8. The van der Waals surface area contributed by atoms with Crippen LogP contribution in [0.4, 0.5) is 0 Å². The minimum absolute atomic E-state index is 0.297. The van der Waals surface area contributed by atoms with Crippen molar-refractivity contribution < 1.29 is 9.53 Å². The van der Waals surface area contributed by atoms with E-state index in [-0.39, 0.29) is 5.97 Å². The van der Waals surface area contributed by atoms with Crippen molar-refractivity contribution in [3.8, 4) is 11.1 Å². The number of H-pyrrole nitrogens is 1. The minimum Gasteiger partial charge on any atom is -0.461 e. The Morgan fingerprint density at radius 3 is 2.86 bits per heavy atom. The Balaban J connectivity index is 1.84. The number of esters is 1. The van der Waals surface area contributed by atoms with E-state index < -0.39 is 0 Å². The van der Waals surface area contributed by atoms with Gasteiger partial charge < -0.3 is 9.72 Å². The lowest BCUT2D eigenvalue weighted by Crippen LogP contribution is -2.04. The largest absolute Gasteiger partial charge is 0.461 e. The summed E-state index contributed by atoms with van der Waals surface area (Å²) in [7, 11) is 0. The van der Waals surface area contributed by atoms with Crippen LogP contribution in [0.2, 0.25) is 0 Å². The van der Waals surface area contributed by atoms with Crippen LogP contribution >= 0.6 is 0 Å². The van der Waals surface area contributed by atoms with Crippen LogP contribution < -0.4 is 0 Å². The minimum atomic E-state index is -0.297. The van der Waals surface area contributed by atoms with Crippen LogP contribution in [0.15, 0.2) is 42.5 Å². The predicted molar refractivity (Wildman–Crippen MR) is 82.5 cm³/mol. The van der Waals surface area contributed by atoms with Crippen molar-refractivity contribution >= 4 is 16.9 Å². The van der Waals surface area contributed by atoms with Crippen molar-refractivity contribution in [1.29, 1.82) is 0 Å². The van der Waals surface area contributed by atoms with E-state index in [1.165, 1.54) is 22.3 Å². The molecule has 0 saturated carbocycles. The van der Waals surface area contributed by atoms with Gasteiger partial charge in [0.15, 0.2) is 0 Å². The molecular formula is C18H15NO2. The third-order valence-electron chi connectivity index (χ3n) is 4.03. The maximum Gasteiger partial charge on any atom is 0.354 e. The van der Waals surface area contributed by atoms with Crippen molar-refractivity contribution in [2.45, 2.75) is 13.3 Å². The van der Waals surface area contributed by atoms with Crippen LogP contribution in [0.1, 0.15) is 28.5 Å². The van der Waals surface area contributed by atoms with Gasteiger partial charge in [0.05, 0.1) is 6.61 Å². The zero-order valence-electron chi connectivity index (χ0n) is 11.8. The Bertz CT molecular complexity index is 861. The molecule has 0 saturated heterocycles. The average Bonchev–Trinajstić information content (AvgIpc) is 3.05. The Labute approximate surface area is 122 Å². The van der Waals surface area contributed by atoms with E-state index in [1.54, 1.807) is 0 Å². The number of fused-ring (bicyclic) bond motifs is 4. The highest BCUT2D eigenvalue weighted by Gasteiger charge is 2.20. The molecule has 4 rings (SSSR count). The van der Waals surface area contributed by atoms with Crippen LogP contribution in [-0.2, 0) is 11.2 Å². The van der Waals surface area contributed by atoms with Crippen LogP contribution in [0, 0.1) is 0 Å². The highest BCUT2D eigenvalue weighted by molar-refractivity contribution is 5.97. The number of carbonyl (C=O) groups excluding carboxylic acids is 1. The Morgan fingerprint density at radius 1 is 1.14 bits per heavy atom. The quantitative estimate of drug-likeness (QED) is 0.564. The second kappa shape index (κ2) is 4.48. The number of rotatable bonds is 2. The van der Waals surface area contributed by atoms with E-state index in [4.69, 9.17) is 4.74 Å². The molecule has 0 fully saturated rings. The molecule has 0 bridgehead atoms. The summed E-state index contributed by atoms with van der Waals surface area (Å²) in [6.45, 7) is 2.20. The third-order valence-corrected chi connectivity index (χ3v) is 4.03. The Hall–Kier alpha value is -2.55. The highest BCUT2D eigenvalue weighted by Crippen LogP contribution is 2.38. The standard InChI is InChI=1S/C18H15NO2/c1-2-21-18(20)17-9-13-8-12-7-11-5-3-4-6-14(11)15(12)10-16(13)19-17/h3-6,8-10,19H,2,7H2,1H3. The topological polar surface area (TPSA) is 42.1 Å². The lowest BCUT2D eigenvalue weighted by atomic mass is 10.0. The van der Waals surface area contributed by atoms with Gasteiger partial charge in [0, 0.05) is 10.9 Å². The van der Waals surface area contributed by atoms with E-state index in [0.717, 1.165) is 17.3 Å². The number of ether oxygens (including phenoxy) is 1. The number of aromatic amines is 1. The summed E-state index contributed by atoms with van der Waals surface area (Å²) >= 11 is 0. The fourth-order valence-electron chi connectivity index (χ4n) is 3.09. The van der Waals surface area contributed by atoms with Crippen LogP contribution in [0.5, 0.6) is 0 Å². The van der Waals surface area contributed by atoms with E-state index in [0.29, 0.717) is 12.3 Å². The van der Waals surface area contributed by atoms with Gasteiger partial charge in [0.25, 0.3) is 0 Å². The number of carbonyl (C=O) groups is 1. The summed E-state index contributed by atoms with van der Waals surface area (Å²) in [6.07, 6.45) is 0.960. The molecule has 0 amide bonds. The molecule has 0 radical (unpaired) electrons. The van der Waals surface area contributed by atoms with Gasteiger partial charge in [0.2, 0.25) is 0 Å². The predicted octanol–water partition coefficient (Wildman–Crippen LogP) is 3.92. The summed E-state index contributed by atoms with van der Waals surface area (Å²) < 4.78 is 5.04. The van der Waals surface area contributed by atoms with Crippen molar-refractivity contribution in [2.24, 2.45) is 0 Å². The Morgan fingerprint density at radius 2 is 2.00 bits per heavy atom. The normalized spacial score (nSPS) is 12.2. The molecule has 104 valence electrons. The monoisotopic (exact) mass is 277 g/mol. The molecule has 0 unspecified atom stereocenters.